The van der Waals surface area contributed by atoms with E-state index in [9.17, 15) is 4.79 Å². The molecule has 10 heteroatoms. The summed E-state index contributed by atoms with van der Waals surface area (Å²) in [6, 6.07) is 18.8. The summed E-state index contributed by atoms with van der Waals surface area (Å²) in [7, 11) is 0. The van der Waals surface area contributed by atoms with Crippen LogP contribution in [0.2, 0.25) is 5.02 Å². The first-order valence-corrected chi connectivity index (χ1v) is 12.0. The van der Waals surface area contributed by atoms with E-state index in [1.54, 1.807) is 24.5 Å². The lowest BCUT2D eigenvalue weighted by Crippen LogP contribution is -2.21. The Hall–Kier alpha value is -3.01. The Morgan fingerprint density at radius 1 is 1.06 bits per heavy atom. The van der Waals surface area contributed by atoms with E-state index >= 15 is 0 Å². The second kappa shape index (κ2) is 10.7. The summed E-state index contributed by atoms with van der Waals surface area (Å²) in [5, 5.41) is 14.1. The smallest absolute Gasteiger partial charge is 0.250 e. The molecule has 0 radical (unpaired) electrons. The molecule has 0 aliphatic carbocycles. The van der Waals surface area contributed by atoms with Gasteiger partial charge in [0, 0.05) is 33.1 Å². The summed E-state index contributed by atoms with van der Waals surface area (Å²) in [6.45, 7) is 1.82. The molecule has 0 saturated heterocycles. The first-order valence-electron chi connectivity index (χ1n) is 9.85. The summed E-state index contributed by atoms with van der Waals surface area (Å²) in [4.78, 5) is 16.5. The highest BCUT2D eigenvalue weighted by atomic mass is 79.9. The van der Waals surface area contributed by atoms with Crippen molar-refractivity contribution in [2.75, 3.05) is 5.75 Å². The fraction of sp³-hybridized carbons (Fsp3) is 0.0870. The number of carbonyl (C=O) groups is 1. The summed E-state index contributed by atoms with van der Waals surface area (Å²) in [5.74, 6) is 0.547. The zero-order chi connectivity index (χ0) is 23.2. The first-order chi connectivity index (χ1) is 16.0. The van der Waals surface area contributed by atoms with Gasteiger partial charge in [-0.25, -0.2) is 5.43 Å². The minimum Gasteiger partial charge on any atom is -0.272 e. The summed E-state index contributed by atoms with van der Waals surface area (Å²) in [5.41, 5.74) is 5.92. The van der Waals surface area contributed by atoms with Crippen molar-refractivity contribution in [3.8, 4) is 17.1 Å². The van der Waals surface area contributed by atoms with Gasteiger partial charge in [0.15, 0.2) is 11.0 Å². The van der Waals surface area contributed by atoms with E-state index in [1.807, 2.05) is 60.0 Å². The second-order valence-corrected chi connectivity index (χ2v) is 9.18. The normalized spacial score (nSPS) is 11.4. The Balaban J connectivity index is 1.51. The maximum Gasteiger partial charge on any atom is 0.250 e. The van der Waals surface area contributed by atoms with E-state index in [4.69, 9.17) is 11.6 Å². The zero-order valence-electron chi connectivity index (χ0n) is 17.4. The topological polar surface area (TPSA) is 85.1 Å². The Morgan fingerprint density at radius 3 is 2.45 bits per heavy atom. The molecule has 0 spiro atoms. The van der Waals surface area contributed by atoms with Gasteiger partial charge >= 0.3 is 0 Å². The maximum atomic E-state index is 12.4. The number of nitrogens with one attached hydrogen (secondary N) is 1. The molecule has 0 bridgehead atoms. The number of hydrogen-bond donors (Lipinski definition) is 1. The van der Waals surface area contributed by atoms with Gasteiger partial charge in [-0.05, 0) is 61.0 Å². The number of amides is 1. The molecule has 2 heterocycles. The van der Waals surface area contributed by atoms with Gasteiger partial charge in [-0.2, -0.15) is 5.10 Å². The van der Waals surface area contributed by atoms with Gasteiger partial charge in [0.05, 0.1) is 11.5 Å². The van der Waals surface area contributed by atoms with E-state index in [2.05, 4.69) is 41.6 Å². The largest absolute Gasteiger partial charge is 0.272 e. The third kappa shape index (κ3) is 5.87. The highest BCUT2D eigenvalue weighted by molar-refractivity contribution is 9.10. The van der Waals surface area contributed by atoms with Crippen molar-refractivity contribution in [2.24, 2.45) is 5.10 Å². The van der Waals surface area contributed by atoms with Crippen LogP contribution >= 0.6 is 39.3 Å². The SMILES string of the molecule is C/C(=N\NC(=O)CSc1nnc(-c2ccncc2)n1-c1ccc(Br)cc1)c1ccc(Cl)cc1. The number of carbonyl (C=O) groups excluding carboxylic acids is 1. The van der Waals surface area contributed by atoms with Crippen LogP contribution in [-0.4, -0.2) is 37.1 Å². The molecule has 7 nitrogen and oxygen atoms in total. The van der Waals surface area contributed by atoms with Crippen LogP contribution in [0, 0.1) is 0 Å². The zero-order valence-corrected chi connectivity index (χ0v) is 20.6. The number of nitrogens with zero attached hydrogens (tertiary/aromatic N) is 5. The molecule has 0 atom stereocenters. The van der Waals surface area contributed by atoms with Gasteiger partial charge in [-0.15, -0.1) is 10.2 Å². The Bertz CT molecular complexity index is 1280. The average molecular weight is 542 g/mol. The van der Waals surface area contributed by atoms with Crippen LogP contribution in [0.3, 0.4) is 0 Å². The van der Waals surface area contributed by atoms with E-state index in [-0.39, 0.29) is 11.7 Å². The van der Waals surface area contributed by atoms with Gasteiger partial charge in [0.1, 0.15) is 0 Å². The quantitative estimate of drug-likeness (QED) is 0.193. The number of aromatic nitrogens is 4. The summed E-state index contributed by atoms with van der Waals surface area (Å²) in [6.07, 6.45) is 3.41. The number of hydrazone groups is 1. The van der Waals surface area contributed by atoms with Gasteiger partial charge in [-0.3, -0.25) is 14.3 Å². The maximum absolute atomic E-state index is 12.4. The van der Waals surface area contributed by atoms with Crippen LogP contribution in [0.4, 0.5) is 0 Å². The number of benzene rings is 2. The molecule has 4 rings (SSSR count). The standard InChI is InChI=1S/C23H18BrClN6OS/c1-15(16-2-6-19(25)7-3-16)27-28-21(32)14-33-23-30-29-22(17-10-12-26-13-11-17)31(23)20-8-4-18(24)5-9-20/h2-13H,14H2,1H3,(H,28,32)/b27-15+. The number of hydrogen-bond acceptors (Lipinski definition) is 6. The number of thioether (sulfide) groups is 1. The van der Waals surface area contributed by atoms with E-state index < -0.39 is 0 Å². The van der Waals surface area contributed by atoms with Crippen LogP contribution in [0.25, 0.3) is 17.1 Å². The number of pyridine rings is 1. The Morgan fingerprint density at radius 2 is 1.76 bits per heavy atom. The third-order valence-electron chi connectivity index (χ3n) is 4.60. The monoisotopic (exact) mass is 540 g/mol. The average Bonchev–Trinajstić information content (AvgIpc) is 3.26. The lowest BCUT2D eigenvalue weighted by molar-refractivity contribution is -0.118. The van der Waals surface area contributed by atoms with Crippen molar-refractivity contribution in [3.63, 3.8) is 0 Å². The number of rotatable bonds is 7. The molecule has 33 heavy (non-hydrogen) atoms. The van der Waals surface area contributed by atoms with Crippen LogP contribution in [-0.2, 0) is 4.79 Å². The Labute approximate surface area is 208 Å². The first kappa shape index (κ1) is 23.2. The Kier molecular flexibility index (Phi) is 7.54. The molecule has 4 aromatic rings. The molecule has 0 unspecified atom stereocenters. The molecule has 1 amide bonds. The molecule has 0 aliphatic rings. The molecular weight excluding hydrogens is 524 g/mol. The lowest BCUT2D eigenvalue weighted by Gasteiger charge is -2.10. The van der Waals surface area contributed by atoms with E-state index in [0.717, 1.165) is 21.3 Å². The van der Waals surface area contributed by atoms with Crippen molar-refractivity contribution in [1.82, 2.24) is 25.2 Å². The molecule has 0 saturated carbocycles. The molecule has 166 valence electrons. The van der Waals surface area contributed by atoms with E-state index in [1.165, 1.54) is 11.8 Å². The van der Waals surface area contributed by atoms with E-state index in [0.29, 0.717) is 21.7 Å². The predicted molar refractivity (Wildman–Crippen MR) is 135 cm³/mol. The van der Waals surface area contributed by atoms with Crippen molar-refractivity contribution in [3.05, 3.63) is 88.1 Å². The minimum absolute atomic E-state index is 0.127. The lowest BCUT2D eigenvalue weighted by atomic mass is 10.1. The fourth-order valence-corrected chi connectivity index (χ4v) is 4.07. The van der Waals surface area contributed by atoms with Crippen molar-refractivity contribution >= 4 is 50.9 Å². The van der Waals surface area contributed by atoms with Gasteiger partial charge in [0.2, 0.25) is 0 Å². The second-order valence-electron chi connectivity index (χ2n) is 6.88. The molecule has 1 N–H and O–H groups in total. The fourth-order valence-electron chi connectivity index (χ4n) is 2.94. The van der Waals surface area contributed by atoms with Gasteiger partial charge in [-0.1, -0.05) is 51.4 Å². The number of halogens is 2. The van der Waals surface area contributed by atoms with Crippen LogP contribution in [0.15, 0.2) is 87.8 Å². The van der Waals surface area contributed by atoms with Crippen LogP contribution in [0.5, 0.6) is 0 Å². The molecule has 2 aromatic carbocycles. The minimum atomic E-state index is -0.246. The molecule has 2 aromatic heterocycles. The van der Waals surface area contributed by atoms with Crippen molar-refractivity contribution < 1.29 is 4.79 Å². The molecule has 0 fully saturated rings. The van der Waals surface area contributed by atoms with Crippen LogP contribution < -0.4 is 5.43 Å². The summed E-state index contributed by atoms with van der Waals surface area (Å²) < 4.78 is 2.88. The van der Waals surface area contributed by atoms with Gasteiger partial charge < -0.3 is 0 Å². The highest BCUT2D eigenvalue weighted by Gasteiger charge is 2.17. The predicted octanol–water partition coefficient (Wildman–Crippen LogP) is 5.38. The van der Waals surface area contributed by atoms with Crippen molar-refractivity contribution in [2.45, 2.75) is 12.1 Å². The molecular formula is C23H18BrClN6OS. The van der Waals surface area contributed by atoms with Gasteiger partial charge in [0.25, 0.3) is 5.91 Å². The van der Waals surface area contributed by atoms with Crippen molar-refractivity contribution in [1.29, 1.82) is 0 Å². The molecule has 0 aliphatic heterocycles. The van der Waals surface area contributed by atoms with Crippen LogP contribution in [0.1, 0.15) is 12.5 Å². The highest BCUT2D eigenvalue weighted by Crippen LogP contribution is 2.28. The third-order valence-corrected chi connectivity index (χ3v) is 6.31. The summed E-state index contributed by atoms with van der Waals surface area (Å²) >= 11 is 10.7.